The zero-order valence-electron chi connectivity index (χ0n) is 13.0. The molecule has 7 N–H and O–H groups in total. The van der Waals surface area contributed by atoms with Gasteiger partial charge in [-0.05, 0) is 0 Å². The minimum atomic E-state index is -1.68. The van der Waals surface area contributed by atoms with E-state index in [1.165, 1.54) is 7.11 Å². The maximum Gasteiger partial charge on any atom is 0.189 e. The first-order chi connectivity index (χ1) is 11.3. The van der Waals surface area contributed by atoms with Crippen molar-refractivity contribution in [3.63, 3.8) is 0 Å². The molecule has 0 aromatic carbocycles. The molecule has 0 bridgehead atoms. The van der Waals surface area contributed by atoms with E-state index in [1.807, 2.05) is 0 Å². The van der Waals surface area contributed by atoms with Crippen LogP contribution in [0.25, 0.3) is 0 Å². The third-order valence-electron chi connectivity index (χ3n) is 4.21. The van der Waals surface area contributed by atoms with Crippen molar-refractivity contribution in [3.8, 4) is 0 Å². The fourth-order valence-electron chi connectivity index (χ4n) is 2.76. The lowest BCUT2D eigenvalue weighted by Gasteiger charge is -2.45. The van der Waals surface area contributed by atoms with Crippen LogP contribution in [0.5, 0.6) is 0 Å². The molecule has 0 amide bonds. The van der Waals surface area contributed by atoms with E-state index in [1.54, 1.807) is 0 Å². The quantitative estimate of drug-likeness (QED) is 0.251. The molecule has 2 aliphatic heterocycles. The molecule has 2 heterocycles. The number of rotatable bonds is 5. The van der Waals surface area contributed by atoms with Crippen LogP contribution in [-0.4, -0.2) is 117 Å². The molecule has 2 fully saturated rings. The van der Waals surface area contributed by atoms with E-state index in [0.717, 1.165) is 0 Å². The number of hydrogen-bond acceptors (Lipinski definition) is 11. The lowest BCUT2D eigenvalue weighted by Crippen LogP contribution is -2.64. The normalized spacial score (nSPS) is 50.0. The Labute approximate surface area is 137 Å². The molecule has 0 radical (unpaired) electrons. The molecule has 2 aliphatic rings. The summed E-state index contributed by atoms with van der Waals surface area (Å²) < 4.78 is 20.6. The van der Waals surface area contributed by atoms with Crippen LogP contribution in [0.2, 0.25) is 0 Å². The Hall–Kier alpha value is -0.440. The summed E-state index contributed by atoms with van der Waals surface area (Å²) >= 11 is 0. The van der Waals surface area contributed by atoms with Crippen LogP contribution >= 0.6 is 0 Å². The van der Waals surface area contributed by atoms with Gasteiger partial charge in [0, 0.05) is 7.11 Å². The molecule has 6 unspecified atom stereocenters. The van der Waals surface area contributed by atoms with Crippen LogP contribution in [-0.2, 0) is 18.9 Å². The third kappa shape index (κ3) is 3.71. The predicted molar refractivity (Wildman–Crippen MR) is 73.4 cm³/mol. The first kappa shape index (κ1) is 19.9. The Balaban J connectivity index is 2.10. The average Bonchev–Trinajstić information content (AvgIpc) is 2.58. The molecule has 10 atom stereocenters. The molecule has 0 spiro atoms. The van der Waals surface area contributed by atoms with Crippen molar-refractivity contribution in [2.75, 3.05) is 20.3 Å². The van der Waals surface area contributed by atoms with Gasteiger partial charge in [0.05, 0.1) is 13.2 Å². The molecule has 0 saturated carbocycles. The number of ether oxygens (including phenoxy) is 4. The third-order valence-corrected chi connectivity index (χ3v) is 4.21. The van der Waals surface area contributed by atoms with E-state index in [2.05, 4.69) is 0 Å². The van der Waals surface area contributed by atoms with Crippen LogP contribution in [0.15, 0.2) is 0 Å². The minimum absolute atomic E-state index is 0.581. The smallest absolute Gasteiger partial charge is 0.189 e. The summed E-state index contributed by atoms with van der Waals surface area (Å²) in [6.07, 6.45) is -14.1. The maximum atomic E-state index is 10.2. The fraction of sp³-hybridized carbons (Fsp3) is 1.00. The van der Waals surface area contributed by atoms with Crippen molar-refractivity contribution in [3.05, 3.63) is 0 Å². The molecule has 142 valence electrons. The summed E-state index contributed by atoms with van der Waals surface area (Å²) in [6, 6.07) is 0. The maximum absolute atomic E-state index is 10.2. The van der Waals surface area contributed by atoms with E-state index in [-0.39, 0.29) is 0 Å². The minimum Gasteiger partial charge on any atom is -0.394 e. The summed E-state index contributed by atoms with van der Waals surface area (Å²) in [5.74, 6) is 0. The summed E-state index contributed by atoms with van der Waals surface area (Å²) in [4.78, 5) is 0. The van der Waals surface area contributed by atoms with Crippen molar-refractivity contribution >= 4 is 0 Å². The van der Waals surface area contributed by atoms with Crippen molar-refractivity contribution in [1.82, 2.24) is 0 Å². The molecule has 24 heavy (non-hydrogen) atoms. The number of methoxy groups -OCH3 is 1. The lowest BCUT2D eigenvalue weighted by atomic mass is 9.98. The molecule has 2 rings (SSSR count). The molecule has 0 aromatic rings. The molecule has 0 aromatic heterocycles. The van der Waals surface area contributed by atoms with Gasteiger partial charge in [0.2, 0.25) is 0 Å². The van der Waals surface area contributed by atoms with Gasteiger partial charge < -0.3 is 54.7 Å². The SMILES string of the molecule is COC1C(O)[C@@H](O[C@H]2OC(CO)[C@@H](O)C(O)C2O)OC(CO)[C@H]1O. The zero-order chi connectivity index (χ0) is 18.0. The number of aliphatic hydroxyl groups excluding tert-OH is 7. The van der Waals surface area contributed by atoms with Crippen LogP contribution in [0.3, 0.4) is 0 Å². The monoisotopic (exact) mass is 356 g/mol. The lowest BCUT2D eigenvalue weighted by molar-refractivity contribution is -0.377. The van der Waals surface area contributed by atoms with E-state index < -0.39 is 74.6 Å². The first-order valence-corrected chi connectivity index (χ1v) is 7.46. The van der Waals surface area contributed by atoms with Crippen molar-refractivity contribution in [2.45, 2.75) is 61.4 Å². The average molecular weight is 356 g/mol. The summed E-state index contributed by atoms with van der Waals surface area (Å²) in [6.45, 7) is -1.22. The van der Waals surface area contributed by atoms with Crippen LogP contribution in [0, 0.1) is 0 Å². The van der Waals surface area contributed by atoms with E-state index >= 15 is 0 Å². The van der Waals surface area contributed by atoms with Crippen molar-refractivity contribution in [2.24, 2.45) is 0 Å². The highest BCUT2D eigenvalue weighted by atomic mass is 16.8. The van der Waals surface area contributed by atoms with E-state index in [4.69, 9.17) is 24.1 Å². The standard InChI is InChI=1S/C13H24O11/c1-21-11-7(17)5(3-15)23-13(10(11)20)24-12-9(19)8(18)6(16)4(2-14)22-12/h4-20H,2-3H2,1H3/t4?,5?,6-,7-,8?,9?,10?,11?,12-,13-/m1/s1. The molecule has 2 saturated heterocycles. The second-order valence-corrected chi connectivity index (χ2v) is 5.74. The summed E-state index contributed by atoms with van der Waals surface area (Å²) in [5.41, 5.74) is 0. The van der Waals surface area contributed by atoms with Crippen LogP contribution in [0.4, 0.5) is 0 Å². The second-order valence-electron chi connectivity index (χ2n) is 5.74. The molecule has 0 aliphatic carbocycles. The largest absolute Gasteiger partial charge is 0.394 e. The van der Waals surface area contributed by atoms with Gasteiger partial charge in [-0.1, -0.05) is 0 Å². The highest BCUT2D eigenvalue weighted by Gasteiger charge is 2.50. The van der Waals surface area contributed by atoms with Gasteiger partial charge in [-0.3, -0.25) is 0 Å². The van der Waals surface area contributed by atoms with Gasteiger partial charge in [-0.15, -0.1) is 0 Å². The Bertz CT molecular complexity index is 394. The van der Waals surface area contributed by atoms with Crippen LogP contribution in [0.1, 0.15) is 0 Å². The van der Waals surface area contributed by atoms with E-state index in [0.29, 0.717) is 0 Å². The van der Waals surface area contributed by atoms with Crippen molar-refractivity contribution < 1.29 is 54.7 Å². The van der Waals surface area contributed by atoms with E-state index in [9.17, 15) is 30.6 Å². The van der Waals surface area contributed by atoms with Crippen molar-refractivity contribution in [1.29, 1.82) is 0 Å². The topological polar surface area (TPSA) is 179 Å². The van der Waals surface area contributed by atoms with Gasteiger partial charge >= 0.3 is 0 Å². The number of aliphatic hydroxyl groups is 7. The summed E-state index contributed by atoms with van der Waals surface area (Å²) in [5, 5.41) is 67.8. The molecule has 11 heteroatoms. The van der Waals surface area contributed by atoms with Gasteiger partial charge in [-0.2, -0.15) is 0 Å². The van der Waals surface area contributed by atoms with Gasteiger partial charge in [-0.25, -0.2) is 0 Å². The highest BCUT2D eigenvalue weighted by Crippen LogP contribution is 2.28. The number of hydrogen-bond donors (Lipinski definition) is 7. The Morgan fingerprint density at radius 3 is 1.71 bits per heavy atom. The Kier molecular flexibility index (Phi) is 6.87. The highest BCUT2D eigenvalue weighted by molar-refractivity contribution is 4.92. The first-order valence-electron chi connectivity index (χ1n) is 7.46. The zero-order valence-corrected chi connectivity index (χ0v) is 13.0. The fourth-order valence-corrected chi connectivity index (χ4v) is 2.76. The summed E-state index contributed by atoms with van der Waals surface area (Å²) in [7, 11) is 1.24. The van der Waals surface area contributed by atoms with Gasteiger partial charge in [0.15, 0.2) is 12.6 Å². The van der Waals surface area contributed by atoms with Crippen LogP contribution < -0.4 is 0 Å². The van der Waals surface area contributed by atoms with Gasteiger partial charge in [0.1, 0.15) is 48.8 Å². The van der Waals surface area contributed by atoms with Gasteiger partial charge in [0.25, 0.3) is 0 Å². The molecule has 11 nitrogen and oxygen atoms in total. The Morgan fingerprint density at radius 2 is 1.21 bits per heavy atom. The molecular formula is C13H24O11. The Morgan fingerprint density at radius 1 is 0.708 bits per heavy atom. The second kappa shape index (κ2) is 8.29. The predicted octanol–water partition coefficient (Wildman–Crippen LogP) is -4.74. The molecular weight excluding hydrogens is 332 g/mol.